The molecule has 2 aromatic heterocycles. The van der Waals surface area contributed by atoms with Crippen molar-refractivity contribution in [1.82, 2.24) is 9.72 Å². The average molecular weight is 359 g/mol. The van der Waals surface area contributed by atoms with Crippen LogP contribution >= 0.6 is 0 Å². The fraction of sp³-hybridized carbons (Fsp3) is 0.294. The number of anilines is 1. The first-order chi connectivity index (χ1) is 12.4. The number of aryl methyl sites for hydroxylation is 2. The maximum Gasteiger partial charge on any atom is 0.419 e. The van der Waals surface area contributed by atoms with Gasteiger partial charge in [-0.3, -0.25) is 19.5 Å². The number of oxazole rings is 1. The summed E-state index contributed by atoms with van der Waals surface area (Å²) in [6.45, 7) is 3.24. The summed E-state index contributed by atoms with van der Waals surface area (Å²) in [4.78, 5) is 35.8. The quantitative estimate of drug-likeness (QED) is 0.668. The molecule has 0 saturated heterocycles. The lowest BCUT2D eigenvalue weighted by molar-refractivity contribution is -0.153. The fourth-order valence-corrected chi connectivity index (χ4v) is 2.38. The summed E-state index contributed by atoms with van der Waals surface area (Å²) in [7, 11) is 0. The van der Waals surface area contributed by atoms with E-state index in [0.29, 0.717) is 16.8 Å². The highest BCUT2D eigenvalue weighted by molar-refractivity contribution is 5.94. The molecule has 2 heterocycles. The van der Waals surface area contributed by atoms with Crippen LogP contribution in [0.15, 0.2) is 44.1 Å². The highest BCUT2D eigenvalue weighted by atomic mass is 16.5. The van der Waals surface area contributed by atoms with Gasteiger partial charge in [0.15, 0.2) is 11.7 Å². The number of hydrogen-bond acceptors (Lipinski definition) is 7. The molecular weight excluding hydrogens is 342 g/mol. The third kappa shape index (κ3) is 3.82. The number of benzene rings is 1. The molecule has 3 rings (SSSR count). The fourth-order valence-electron chi connectivity index (χ4n) is 2.38. The molecule has 0 spiro atoms. The molecule has 0 radical (unpaired) electrons. The Morgan fingerprint density at radius 3 is 2.85 bits per heavy atom. The molecule has 0 saturated carbocycles. The highest BCUT2D eigenvalue weighted by Crippen LogP contribution is 2.13. The number of nitrogens with zero attached hydrogens (tertiary/aromatic N) is 2. The molecule has 1 amide bonds. The summed E-state index contributed by atoms with van der Waals surface area (Å²) in [5.41, 5.74) is 1.65. The van der Waals surface area contributed by atoms with Gasteiger partial charge in [-0.25, -0.2) is 4.79 Å². The molecule has 1 atom stereocenters. The zero-order chi connectivity index (χ0) is 18.7. The predicted octanol–water partition coefficient (Wildman–Crippen LogP) is 1.85. The number of carbonyl (C=O) groups excluding carboxylic acids is 2. The van der Waals surface area contributed by atoms with E-state index in [1.54, 1.807) is 37.3 Å². The second-order valence-electron chi connectivity index (χ2n) is 5.69. The van der Waals surface area contributed by atoms with E-state index in [4.69, 9.17) is 13.7 Å². The topological polar surface area (TPSA) is 117 Å². The van der Waals surface area contributed by atoms with Crippen molar-refractivity contribution in [2.45, 2.75) is 32.9 Å². The first-order valence-electron chi connectivity index (χ1n) is 7.96. The van der Waals surface area contributed by atoms with Crippen molar-refractivity contribution in [2.24, 2.45) is 0 Å². The minimum Gasteiger partial charge on any atom is -0.452 e. The van der Waals surface area contributed by atoms with E-state index in [0.717, 1.165) is 0 Å². The van der Waals surface area contributed by atoms with Gasteiger partial charge in [0, 0.05) is 12.6 Å². The molecule has 3 aromatic rings. The SMILES string of the molecule is Cc1cc(NC(=O)[C@H](C)OC(=O)CCn2c(=O)oc3ccccc32)on1. The average Bonchev–Trinajstić information content (AvgIpc) is 3.15. The second kappa shape index (κ2) is 7.26. The number of aromatic nitrogens is 2. The number of hydrogen-bond donors (Lipinski definition) is 1. The summed E-state index contributed by atoms with van der Waals surface area (Å²) in [6, 6.07) is 8.46. The number of nitrogens with one attached hydrogen (secondary N) is 1. The number of amides is 1. The van der Waals surface area contributed by atoms with Crippen LogP contribution in [0.1, 0.15) is 19.0 Å². The highest BCUT2D eigenvalue weighted by Gasteiger charge is 2.20. The standard InChI is InChI=1S/C17H17N3O6/c1-10-9-14(26-19-10)18-16(22)11(2)24-15(21)7-8-20-12-5-3-4-6-13(12)25-17(20)23/h3-6,9,11H,7-8H2,1-2H3,(H,18,22)/t11-/m0/s1. The zero-order valence-corrected chi connectivity index (χ0v) is 14.2. The molecule has 26 heavy (non-hydrogen) atoms. The Bertz CT molecular complexity index is 999. The summed E-state index contributed by atoms with van der Waals surface area (Å²) in [5, 5.41) is 6.10. The van der Waals surface area contributed by atoms with Gasteiger partial charge in [-0.1, -0.05) is 17.3 Å². The minimum absolute atomic E-state index is 0.0809. The molecule has 0 aliphatic heterocycles. The number of carbonyl (C=O) groups is 2. The molecule has 0 aliphatic rings. The molecule has 0 unspecified atom stereocenters. The summed E-state index contributed by atoms with van der Waals surface area (Å²) in [6.07, 6.45) is -1.10. The van der Waals surface area contributed by atoms with Gasteiger partial charge in [0.2, 0.25) is 5.88 Å². The van der Waals surface area contributed by atoms with Crippen LogP contribution in [0, 0.1) is 6.92 Å². The van der Waals surface area contributed by atoms with Crippen LogP contribution in [0.3, 0.4) is 0 Å². The Labute approximate surface area is 147 Å². The summed E-state index contributed by atoms with van der Waals surface area (Å²) < 4.78 is 16.4. The van der Waals surface area contributed by atoms with Gasteiger partial charge in [-0.15, -0.1) is 0 Å². The third-order valence-corrected chi connectivity index (χ3v) is 3.67. The van der Waals surface area contributed by atoms with Gasteiger partial charge < -0.3 is 13.7 Å². The smallest absolute Gasteiger partial charge is 0.419 e. The molecule has 9 heteroatoms. The summed E-state index contributed by atoms with van der Waals surface area (Å²) in [5.74, 6) is -1.53. The number of ether oxygens (including phenoxy) is 1. The molecule has 1 N–H and O–H groups in total. The largest absolute Gasteiger partial charge is 0.452 e. The van der Waals surface area contributed by atoms with Crippen LogP contribution in [0.5, 0.6) is 0 Å². The van der Waals surface area contributed by atoms with Crippen LogP contribution < -0.4 is 11.1 Å². The lowest BCUT2D eigenvalue weighted by Gasteiger charge is -2.12. The number of para-hydroxylation sites is 2. The minimum atomic E-state index is -1.02. The maximum absolute atomic E-state index is 12.0. The molecule has 136 valence electrons. The van der Waals surface area contributed by atoms with Crippen LogP contribution in [0.25, 0.3) is 11.1 Å². The molecule has 9 nitrogen and oxygen atoms in total. The van der Waals surface area contributed by atoms with Gasteiger partial charge in [-0.2, -0.15) is 0 Å². The van der Waals surface area contributed by atoms with E-state index < -0.39 is 23.7 Å². The van der Waals surface area contributed by atoms with Gasteiger partial charge in [0.1, 0.15) is 0 Å². The Kier molecular flexibility index (Phi) is 4.87. The molecule has 0 aliphatic carbocycles. The summed E-state index contributed by atoms with van der Waals surface area (Å²) >= 11 is 0. The van der Waals surface area contributed by atoms with E-state index in [-0.39, 0.29) is 18.8 Å². The van der Waals surface area contributed by atoms with Crippen molar-refractivity contribution in [1.29, 1.82) is 0 Å². The Morgan fingerprint density at radius 1 is 1.35 bits per heavy atom. The van der Waals surface area contributed by atoms with Crippen LogP contribution in [-0.2, 0) is 20.9 Å². The first kappa shape index (κ1) is 17.5. The Balaban J connectivity index is 1.55. The van der Waals surface area contributed by atoms with Crippen molar-refractivity contribution < 1.29 is 23.3 Å². The second-order valence-corrected chi connectivity index (χ2v) is 5.69. The van der Waals surface area contributed by atoms with Crippen molar-refractivity contribution in [3.8, 4) is 0 Å². The van der Waals surface area contributed by atoms with E-state index in [1.807, 2.05) is 0 Å². The number of esters is 1. The lowest BCUT2D eigenvalue weighted by Crippen LogP contribution is -2.30. The van der Waals surface area contributed by atoms with E-state index in [1.165, 1.54) is 11.5 Å². The van der Waals surface area contributed by atoms with Crippen LogP contribution in [0.4, 0.5) is 5.88 Å². The molecular formula is C17H17N3O6. The normalized spacial score (nSPS) is 12.1. The van der Waals surface area contributed by atoms with Gasteiger partial charge in [0.05, 0.1) is 17.6 Å². The van der Waals surface area contributed by atoms with E-state index in [9.17, 15) is 14.4 Å². The molecule has 0 fully saturated rings. The van der Waals surface area contributed by atoms with E-state index >= 15 is 0 Å². The van der Waals surface area contributed by atoms with Crippen molar-refractivity contribution in [2.75, 3.05) is 5.32 Å². The van der Waals surface area contributed by atoms with Gasteiger partial charge >= 0.3 is 11.7 Å². The van der Waals surface area contributed by atoms with E-state index in [2.05, 4.69) is 10.5 Å². The van der Waals surface area contributed by atoms with Crippen molar-refractivity contribution >= 4 is 28.9 Å². The molecule has 0 bridgehead atoms. The number of rotatable bonds is 6. The maximum atomic E-state index is 12.0. The molecule has 1 aromatic carbocycles. The van der Waals surface area contributed by atoms with Crippen LogP contribution in [-0.4, -0.2) is 27.7 Å². The van der Waals surface area contributed by atoms with Gasteiger partial charge in [0.25, 0.3) is 5.91 Å². The lowest BCUT2D eigenvalue weighted by atomic mass is 10.3. The monoisotopic (exact) mass is 359 g/mol. The Hall–Kier alpha value is -3.36. The zero-order valence-electron chi connectivity index (χ0n) is 14.2. The first-order valence-corrected chi connectivity index (χ1v) is 7.96. The third-order valence-electron chi connectivity index (χ3n) is 3.67. The van der Waals surface area contributed by atoms with Crippen molar-refractivity contribution in [3.63, 3.8) is 0 Å². The van der Waals surface area contributed by atoms with Crippen LogP contribution in [0.2, 0.25) is 0 Å². The van der Waals surface area contributed by atoms with Crippen molar-refractivity contribution in [3.05, 3.63) is 46.6 Å². The predicted molar refractivity (Wildman–Crippen MR) is 90.5 cm³/mol. The number of fused-ring (bicyclic) bond motifs is 1. The Morgan fingerprint density at radius 2 is 2.12 bits per heavy atom. The van der Waals surface area contributed by atoms with Gasteiger partial charge in [-0.05, 0) is 26.0 Å².